The zero-order chi connectivity index (χ0) is 45.0. The third kappa shape index (κ3) is 6.48. The lowest BCUT2D eigenvalue weighted by Gasteiger charge is -2.41. The highest BCUT2D eigenvalue weighted by Gasteiger charge is 2.41. The summed E-state index contributed by atoms with van der Waals surface area (Å²) >= 11 is 0. The molecule has 0 aliphatic heterocycles. The summed E-state index contributed by atoms with van der Waals surface area (Å²) < 4.78 is 4.83. The normalized spacial score (nSPS) is 15.2. The quantitative estimate of drug-likeness (QED) is 0.144. The summed E-state index contributed by atoms with van der Waals surface area (Å²) in [6.07, 6.45) is 0. The third-order valence-electron chi connectivity index (χ3n) is 14.2. The highest BCUT2D eigenvalue weighted by atomic mass is 15.0. The van der Waals surface area contributed by atoms with E-state index in [2.05, 4.69) is 276 Å². The molecule has 10 aromatic carbocycles. The lowest BCUT2D eigenvalue weighted by molar-refractivity contribution is 0.766. The molecule has 1 aliphatic carbocycles. The number of hydrogen-bond donors (Lipinski definition) is 0. The van der Waals surface area contributed by atoms with Gasteiger partial charge in [0, 0.05) is 44.8 Å². The van der Waals surface area contributed by atoms with Gasteiger partial charge in [-0.1, -0.05) is 218 Å². The number of nitrogens with zero attached hydrogens (tertiary/aromatic N) is 2. The van der Waals surface area contributed by atoms with E-state index in [9.17, 15) is 0 Å². The van der Waals surface area contributed by atoms with E-state index in [1.807, 2.05) is 0 Å². The number of allylic oxidation sites excluding steroid dienone is 4. The van der Waals surface area contributed by atoms with Gasteiger partial charge in [0.1, 0.15) is 0 Å². The fourth-order valence-electron chi connectivity index (χ4n) is 11.4. The van der Waals surface area contributed by atoms with Gasteiger partial charge in [-0.3, -0.25) is 0 Å². The molecule has 13 rings (SSSR count). The Bertz CT molecular complexity index is 3490. The van der Waals surface area contributed by atoms with Crippen molar-refractivity contribution in [1.82, 2.24) is 9.13 Å². The fourth-order valence-corrected chi connectivity index (χ4v) is 11.4. The zero-order valence-electron chi connectivity index (χ0n) is 37.5. The van der Waals surface area contributed by atoms with Crippen LogP contribution in [-0.2, 0) is 0 Å². The first-order valence-electron chi connectivity index (χ1n) is 23.7. The maximum Gasteiger partial charge on any atom is 0.0541 e. The van der Waals surface area contributed by atoms with Gasteiger partial charge in [-0.25, -0.2) is 0 Å². The Labute approximate surface area is 396 Å². The van der Waals surface area contributed by atoms with Crippen molar-refractivity contribution in [2.24, 2.45) is 0 Å². The Balaban J connectivity index is 1.11. The molecule has 0 N–H and O–H groups in total. The van der Waals surface area contributed by atoms with Gasteiger partial charge in [-0.15, -0.1) is 0 Å². The molecule has 0 spiro atoms. The second-order valence-corrected chi connectivity index (χ2v) is 17.9. The third-order valence-corrected chi connectivity index (χ3v) is 14.2. The van der Waals surface area contributed by atoms with E-state index in [1.165, 1.54) is 99.3 Å². The summed E-state index contributed by atoms with van der Waals surface area (Å²) in [5, 5.41) is 5.04. The second-order valence-electron chi connectivity index (χ2n) is 17.9. The number of hydrogen-bond acceptors (Lipinski definition) is 0. The lowest BCUT2D eigenvalue weighted by Crippen LogP contribution is -2.22. The number of rotatable bonds is 8. The summed E-state index contributed by atoms with van der Waals surface area (Å²) in [7, 11) is 0. The Morgan fingerprint density at radius 1 is 0.221 bits per heavy atom. The predicted molar refractivity (Wildman–Crippen MR) is 286 cm³/mol. The van der Waals surface area contributed by atoms with Crippen LogP contribution in [0, 0.1) is 0 Å². The summed E-state index contributed by atoms with van der Waals surface area (Å²) in [6.45, 7) is 0. The van der Waals surface area contributed by atoms with E-state index in [0.717, 1.165) is 11.4 Å². The Morgan fingerprint density at radius 2 is 0.485 bits per heavy atom. The molecule has 0 amide bonds. The van der Waals surface area contributed by atoms with Gasteiger partial charge in [-0.05, 0) is 104 Å². The van der Waals surface area contributed by atoms with Crippen LogP contribution >= 0.6 is 0 Å². The summed E-state index contributed by atoms with van der Waals surface area (Å²) in [5.41, 5.74) is 19.6. The first-order valence-corrected chi connectivity index (χ1v) is 23.7. The van der Waals surface area contributed by atoms with Crippen molar-refractivity contribution in [3.63, 3.8) is 0 Å². The standard InChI is InChI=1S/C66H46N2/c1-5-21-45(22-6-1)61-62(46-23-7-2-8-24-46)66(50-39-43-52(44-40-50)68-59-35-19-15-31-55(59)56-32-16-20-36-60(56)68)64(48-27-11-4-12-28-48)63(47-25-9-3-10-26-47)65(61)49-37-41-51(42-38-49)67-57-33-17-13-29-53(57)54-30-14-18-34-58(54)67/h1-44,61-62H. The molecule has 2 heterocycles. The molecule has 2 aromatic heterocycles. The summed E-state index contributed by atoms with van der Waals surface area (Å²) in [4.78, 5) is 0. The largest absolute Gasteiger partial charge is 0.309 e. The molecule has 0 radical (unpaired) electrons. The van der Waals surface area contributed by atoms with Crippen molar-refractivity contribution in [3.05, 3.63) is 300 Å². The molecular weight excluding hydrogens is 821 g/mol. The van der Waals surface area contributed by atoms with E-state index < -0.39 is 0 Å². The molecule has 320 valence electrons. The SMILES string of the molecule is c1ccc(C2=C(c3ccc(-n4c5ccccc5c5ccccc54)cc3)C(c3ccccc3)C(c3ccccc3)C(c3ccc(-n4c5ccccc5c5ccccc54)cc3)=C2c2ccccc2)cc1. The van der Waals surface area contributed by atoms with E-state index in [4.69, 9.17) is 0 Å². The zero-order valence-corrected chi connectivity index (χ0v) is 37.5. The van der Waals surface area contributed by atoms with Crippen LogP contribution < -0.4 is 0 Å². The first kappa shape index (κ1) is 39.6. The van der Waals surface area contributed by atoms with Gasteiger partial charge < -0.3 is 9.13 Å². The van der Waals surface area contributed by atoms with Gasteiger partial charge >= 0.3 is 0 Å². The average molecular weight is 867 g/mol. The topological polar surface area (TPSA) is 9.86 Å². The van der Waals surface area contributed by atoms with E-state index in [1.54, 1.807) is 0 Å². The summed E-state index contributed by atoms with van der Waals surface area (Å²) in [6, 6.07) is 98.6. The minimum Gasteiger partial charge on any atom is -0.309 e. The highest BCUT2D eigenvalue weighted by molar-refractivity contribution is 6.25. The van der Waals surface area contributed by atoms with Crippen LogP contribution in [0.4, 0.5) is 0 Å². The second kappa shape index (κ2) is 16.6. The van der Waals surface area contributed by atoms with Crippen molar-refractivity contribution in [1.29, 1.82) is 0 Å². The maximum atomic E-state index is 2.42. The van der Waals surface area contributed by atoms with Crippen molar-refractivity contribution < 1.29 is 0 Å². The molecule has 1 aliphatic rings. The monoisotopic (exact) mass is 866 g/mol. The van der Waals surface area contributed by atoms with Crippen LogP contribution in [0.15, 0.2) is 267 Å². The molecule has 68 heavy (non-hydrogen) atoms. The van der Waals surface area contributed by atoms with Crippen LogP contribution in [0.3, 0.4) is 0 Å². The fraction of sp³-hybridized carbons (Fsp3) is 0.0303. The molecule has 2 heteroatoms. The van der Waals surface area contributed by atoms with Crippen LogP contribution in [0.5, 0.6) is 0 Å². The van der Waals surface area contributed by atoms with Gasteiger partial charge in [0.15, 0.2) is 0 Å². The van der Waals surface area contributed by atoms with Crippen LogP contribution in [-0.4, -0.2) is 9.13 Å². The molecule has 0 saturated carbocycles. The molecule has 0 saturated heterocycles. The molecule has 0 bridgehead atoms. The van der Waals surface area contributed by atoms with Crippen LogP contribution in [0.25, 0.3) is 77.3 Å². The minimum absolute atomic E-state index is 0.0487. The average Bonchev–Trinajstić information content (AvgIpc) is 3.94. The van der Waals surface area contributed by atoms with Gasteiger partial charge in [0.25, 0.3) is 0 Å². The smallest absolute Gasteiger partial charge is 0.0541 e. The van der Waals surface area contributed by atoms with Crippen molar-refractivity contribution in [3.8, 4) is 11.4 Å². The van der Waals surface area contributed by atoms with Gasteiger partial charge in [0.05, 0.1) is 22.1 Å². The predicted octanol–water partition coefficient (Wildman–Crippen LogP) is 17.0. The van der Waals surface area contributed by atoms with Crippen molar-refractivity contribution >= 4 is 65.9 Å². The highest BCUT2D eigenvalue weighted by Crippen LogP contribution is 2.60. The number of benzene rings is 10. The Morgan fingerprint density at radius 3 is 0.794 bits per heavy atom. The molecular formula is C66H46N2. The number of fused-ring (bicyclic) bond motifs is 6. The Hall–Kier alpha value is -8.72. The van der Waals surface area contributed by atoms with Gasteiger partial charge in [0.2, 0.25) is 0 Å². The molecule has 2 nitrogen and oxygen atoms in total. The van der Waals surface area contributed by atoms with E-state index in [0.29, 0.717) is 0 Å². The van der Waals surface area contributed by atoms with Crippen molar-refractivity contribution in [2.45, 2.75) is 11.8 Å². The molecule has 2 atom stereocenters. The summed E-state index contributed by atoms with van der Waals surface area (Å²) in [5.74, 6) is -0.0975. The van der Waals surface area contributed by atoms with E-state index >= 15 is 0 Å². The van der Waals surface area contributed by atoms with Crippen molar-refractivity contribution in [2.75, 3.05) is 0 Å². The minimum atomic E-state index is -0.0487. The number of para-hydroxylation sites is 4. The maximum absolute atomic E-state index is 2.42. The molecule has 12 aromatic rings. The van der Waals surface area contributed by atoms with Crippen LogP contribution in [0.1, 0.15) is 45.2 Å². The molecule has 2 unspecified atom stereocenters. The van der Waals surface area contributed by atoms with Crippen LogP contribution in [0.2, 0.25) is 0 Å². The Kier molecular flexibility index (Phi) is 9.68. The van der Waals surface area contributed by atoms with Gasteiger partial charge in [-0.2, -0.15) is 0 Å². The first-order chi connectivity index (χ1) is 33.8. The lowest BCUT2D eigenvalue weighted by atomic mass is 9.62. The van der Waals surface area contributed by atoms with E-state index in [-0.39, 0.29) is 11.8 Å². The molecule has 0 fully saturated rings. The number of aromatic nitrogens is 2.